The summed E-state index contributed by atoms with van der Waals surface area (Å²) >= 11 is 0. The summed E-state index contributed by atoms with van der Waals surface area (Å²) in [4.78, 5) is 14.6. The van der Waals surface area contributed by atoms with E-state index >= 15 is 0 Å². The van der Waals surface area contributed by atoms with E-state index in [1.54, 1.807) is 4.68 Å². The van der Waals surface area contributed by atoms with Gasteiger partial charge in [-0.2, -0.15) is 5.10 Å². The Morgan fingerprint density at radius 3 is 2.62 bits per heavy atom. The highest BCUT2D eigenvalue weighted by molar-refractivity contribution is 7.91. The van der Waals surface area contributed by atoms with Crippen LogP contribution in [-0.4, -0.2) is 60.1 Å². The zero-order valence-corrected chi connectivity index (χ0v) is 15.0. The van der Waals surface area contributed by atoms with Gasteiger partial charge in [-0.1, -0.05) is 12.8 Å². The zero-order chi connectivity index (χ0) is 17.2. The summed E-state index contributed by atoms with van der Waals surface area (Å²) in [6, 6.07) is 1.63. The van der Waals surface area contributed by atoms with Gasteiger partial charge in [-0.15, -0.1) is 0 Å². The summed E-state index contributed by atoms with van der Waals surface area (Å²) in [5.74, 6) is 0.842. The molecule has 0 spiro atoms. The number of anilines is 1. The normalized spacial score (nSPS) is 24.6. The van der Waals surface area contributed by atoms with Crippen LogP contribution in [0.3, 0.4) is 0 Å². The van der Waals surface area contributed by atoms with Crippen LogP contribution in [0.5, 0.6) is 0 Å². The molecule has 0 aliphatic carbocycles. The summed E-state index contributed by atoms with van der Waals surface area (Å²) in [7, 11) is -2.99. The average molecular weight is 354 g/mol. The van der Waals surface area contributed by atoms with Crippen molar-refractivity contribution in [2.75, 3.05) is 36.5 Å². The first-order valence-corrected chi connectivity index (χ1v) is 10.5. The Hall–Kier alpha value is -1.41. The predicted molar refractivity (Wildman–Crippen MR) is 92.8 cm³/mol. The highest BCUT2D eigenvalue weighted by Crippen LogP contribution is 2.27. The number of aryl methyl sites for hydroxylation is 1. The van der Waals surface area contributed by atoms with Gasteiger partial charge in [-0.3, -0.25) is 9.69 Å². The van der Waals surface area contributed by atoms with Gasteiger partial charge in [0, 0.05) is 6.07 Å². The number of carbonyl (C=O) groups excluding carboxylic acids is 1. The van der Waals surface area contributed by atoms with Gasteiger partial charge in [0.1, 0.15) is 5.82 Å². The van der Waals surface area contributed by atoms with Crippen molar-refractivity contribution in [3.8, 4) is 0 Å². The van der Waals surface area contributed by atoms with Gasteiger partial charge in [0.2, 0.25) is 5.91 Å². The lowest BCUT2D eigenvalue weighted by molar-refractivity contribution is -0.117. The lowest BCUT2D eigenvalue weighted by atomic mass is 10.2. The van der Waals surface area contributed by atoms with Gasteiger partial charge in [-0.25, -0.2) is 13.1 Å². The second-order valence-electron chi connectivity index (χ2n) is 6.91. The van der Waals surface area contributed by atoms with Crippen LogP contribution in [0.2, 0.25) is 0 Å². The van der Waals surface area contributed by atoms with Crippen molar-refractivity contribution >= 4 is 21.6 Å². The topological polar surface area (TPSA) is 84.3 Å². The van der Waals surface area contributed by atoms with E-state index < -0.39 is 9.84 Å². The number of hydrogen-bond acceptors (Lipinski definition) is 5. The standard InChI is InChI=1S/C16H26N4O3S/c1-13-10-15(20(18-13)14-6-9-24(22,23)12-14)17-16(21)11-19-7-4-2-3-5-8-19/h10,14H,2-9,11-12H2,1H3,(H,17,21)/t14-/m0/s1. The van der Waals surface area contributed by atoms with E-state index in [0.29, 0.717) is 18.8 Å². The summed E-state index contributed by atoms with van der Waals surface area (Å²) < 4.78 is 25.1. The van der Waals surface area contributed by atoms with E-state index in [-0.39, 0.29) is 23.5 Å². The lowest BCUT2D eigenvalue weighted by Crippen LogP contribution is -2.34. The minimum absolute atomic E-state index is 0.0566. The number of nitrogens with one attached hydrogen (secondary N) is 1. The van der Waals surface area contributed by atoms with Crippen molar-refractivity contribution < 1.29 is 13.2 Å². The van der Waals surface area contributed by atoms with E-state index in [0.717, 1.165) is 31.6 Å². The number of carbonyl (C=O) groups is 1. The number of nitrogens with zero attached hydrogens (tertiary/aromatic N) is 3. The maximum Gasteiger partial charge on any atom is 0.239 e. The zero-order valence-electron chi connectivity index (χ0n) is 14.2. The molecule has 1 N–H and O–H groups in total. The highest BCUT2D eigenvalue weighted by Gasteiger charge is 2.31. The number of sulfone groups is 1. The van der Waals surface area contributed by atoms with Crippen LogP contribution in [0.15, 0.2) is 6.07 Å². The van der Waals surface area contributed by atoms with Crippen LogP contribution in [0.4, 0.5) is 5.82 Å². The predicted octanol–water partition coefficient (Wildman–Crippen LogP) is 1.37. The van der Waals surface area contributed by atoms with E-state index in [2.05, 4.69) is 15.3 Å². The van der Waals surface area contributed by atoms with Gasteiger partial charge in [0.25, 0.3) is 0 Å². The molecule has 3 heterocycles. The smallest absolute Gasteiger partial charge is 0.239 e. The highest BCUT2D eigenvalue weighted by atomic mass is 32.2. The fourth-order valence-electron chi connectivity index (χ4n) is 3.54. The van der Waals surface area contributed by atoms with Crippen LogP contribution in [-0.2, 0) is 14.6 Å². The Morgan fingerprint density at radius 1 is 1.29 bits per heavy atom. The van der Waals surface area contributed by atoms with Crippen molar-refractivity contribution in [2.45, 2.75) is 45.1 Å². The van der Waals surface area contributed by atoms with E-state index in [9.17, 15) is 13.2 Å². The third kappa shape index (κ3) is 4.36. The molecule has 1 amide bonds. The van der Waals surface area contributed by atoms with Gasteiger partial charge in [0.15, 0.2) is 9.84 Å². The average Bonchev–Trinajstić information content (AvgIpc) is 2.92. The first-order chi connectivity index (χ1) is 11.4. The van der Waals surface area contributed by atoms with Gasteiger partial charge >= 0.3 is 0 Å². The van der Waals surface area contributed by atoms with Crippen molar-refractivity contribution in [3.05, 3.63) is 11.8 Å². The van der Waals surface area contributed by atoms with Crippen LogP contribution < -0.4 is 5.32 Å². The minimum Gasteiger partial charge on any atom is -0.310 e. The third-order valence-electron chi connectivity index (χ3n) is 4.75. The first-order valence-electron chi connectivity index (χ1n) is 8.72. The van der Waals surface area contributed by atoms with Crippen LogP contribution in [0, 0.1) is 6.92 Å². The van der Waals surface area contributed by atoms with Crippen molar-refractivity contribution in [1.82, 2.24) is 14.7 Å². The minimum atomic E-state index is -2.99. The Labute approximate surface area is 143 Å². The van der Waals surface area contributed by atoms with Gasteiger partial charge < -0.3 is 5.32 Å². The Morgan fingerprint density at radius 2 is 2.00 bits per heavy atom. The maximum absolute atomic E-state index is 12.4. The molecule has 0 bridgehead atoms. The van der Waals surface area contributed by atoms with Gasteiger partial charge in [-0.05, 0) is 39.3 Å². The number of likely N-dealkylation sites (tertiary alicyclic amines) is 1. The summed E-state index contributed by atoms with van der Waals surface area (Å²) in [6.07, 6.45) is 5.31. The molecule has 0 unspecified atom stereocenters. The first kappa shape index (κ1) is 17.4. The largest absolute Gasteiger partial charge is 0.310 e. The molecule has 1 aromatic rings. The van der Waals surface area contributed by atoms with Crippen LogP contribution in [0.25, 0.3) is 0 Å². The second kappa shape index (κ2) is 7.23. The quantitative estimate of drug-likeness (QED) is 0.883. The van der Waals surface area contributed by atoms with E-state index in [4.69, 9.17) is 0 Å². The van der Waals surface area contributed by atoms with E-state index in [1.165, 1.54) is 12.8 Å². The molecular formula is C16H26N4O3S. The molecule has 24 heavy (non-hydrogen) atoms. The Kier molecular flexibility index (Phi) is 5.24. The third-order valence-corrected chi connectivity index (χ3v) is 6.50. The SMILES string of the molecule is Cc1cc(NC(=O)CN2CCCCCC2)n([C@H]2CCS(=O)(=O)C2)n1. The number of hydrogen-bond donors (Lipinski definition) is 1. The molecule has 3 rings (SSSR count). The maximum atomic E-state index is 12.4. The Bertz CT molecular complexity index is 690. The number of aromatic nitrogens is 2. The molecule has 7 nitrogen and oxygen atoms in total. The molecule has 2 aliphatic rings. The molecule has 0 saturated carbocycles. The molecule has 2 fully saturated rings. The summed E-state index contributed by atoms with van der Waals surface area (Å²) in [5, 5.41) is 7.33. The van der Waals surface area contributed by atoms with Crippen molar-refractivity contribution in [3.63, 3.8) is 0 Å². The molecule has 134 valence electrons. The second-order valence-corrected chi connectivity index (χ2v) is 9.14. The monoisotopic (exact) mass is 354 g/mol. The van der Waals surface area contributed by atoms with Crippen molar-refractivity contribution in [2.24, 2.45) is 0 Å². The lowest BCUT2D eigenvalue weighted by Gasteiger charge is -2.19. The molecular weight excluding hydrogens is 328 g/mol. The molecule has 8 heteroatoms. The van der Waals surface area contributed by atoms with Gasteiger partial charge in [0.05, 0.1) is 29.8 Å². The van der Waals surface area contributed by atoms with Crippen LogP contribution in [0.1, 0.15) is 43.8 Å². The fraction of sp³-hybridized carbons (Fsp3) is 0.750. The summed E-state index contributed by atoms with van der Waals surface area (Å²) in [5.41, 5.74) is 0.782. The molecule has 2 aliphatic heterocycles. The van der Waals surface area contributed by atoms with Crippen molar-refractivity contribution in [1.29, 1.82) is 0 Å². The molecule has 0 radical (unpaired) electrons. The fourth-order valence-corrected chi connectivity index (χ4v) is 5.23. The Balaban J connectivity index is 1.65. The number of amides is 1. The molecule has 0 aromatic carbocycles. The molecule has 1 aromatic heterocycles. The van der Waals surface area contributed by atoms with E-state index in [1.807, 2.05) is 13.0 Å². The number of rotatable bonds is 4. The molecule has 1 atom stereocenters. The summed E-state index contributed by atoms with van der Waals surface area (Å²) in [6.45, 7) is 4.16. The van der Waals surface area contributed by atoms with Crippen LogP contribution >= 0.6 is 0 Å². The molecule has 2 saturated heterocycles.